The van der Waals surface area contributed by atoms with E-state index in [1.54, 1.807) is 12.1 Å². The molecule has 1 unspecified atom stereocenters. The molecular formula is C16H22ClNO2. The van der Waals surface area contributed by atoms with Gasteiger partial charge in [-0.1, -0.05) is 49.9 Å². The van der Waals surface area contributed by atoms with Gasteiger partial charge in [-0.3, -0.25) is 5.32 Å². The van der Waals surface area contributed by atoms with Crippen LogP contribution >= 0.6 is 11.6 Å². The second-order valence-corrected chi connectivity index (χ2v) is 5.99. The minimum Gasteiger partial charge on any atom is -0.480 e. The van der Waals surface area contributed by atoms with Crippen molar-refractivity contribution in [2.75, 3.05) is 0 Å². The normalized spacial score (nSPS) is 19.5. The predicted octanol–water partition coefficient (Wildman–Crippen LogP) is 3.95. The Morgan fingerprint density at radius 1 is 1.30 bits per heavy atom. The molecule has 1 aliphatic carbocycles. The van der Waals surface area contributed by atoms with Crippen molar-refractivity contribution in [1.29, 1.82) is 0 Å². The molecular weight excluding hydrogens is 274 g/mol. The van der Waals surface area contributed by atoms with E-state index in [2.05, 4.69) is 5.32 Å². The van der Waals surface area contributed by atoms with Crippen LogP contribution in [-0.2, 0) is 10.3 Å². The SMILES string of the molecule is CCC(NC1CCCCC1)(C(=O)O)c1ccc(Cl)cc1. The lowest BCUT2D eigenvalue weighted by molar-refractivity contribution is -0.146. The molecule has 2 rings (SSSR count). The molecule has 1 atom stereocenters. The van der Waals surface area contributed by atoms with Gasteiger partial charge in [0.1, 0.15) is 5.54 Å². The van der Waals surface area contributed by atoms with Crippen molar-refractivity contribution < 1.29 is 9.90 Å². The van der Waals surface area contributed by atoms with Crippen LogP contribution in [0.5, 0.6) is 0 Å². The first kappa shape index (κ1) is 15.3. The zero-order valence-electron chi connectivity index (χ0n) is 11.9. The molecule has 1 aromatic carbocycles. The molecule has 1 saturated carbocycles. The summed E-state index contributed by atoms with van der Waals surface area (Å²) in [5, 5.41) is 13.8. The first-order valence-corrected chi connectivity index (χ1v) is 7.73. The lowest BCUT2D eigenvalue weighted by atomic mass is 9.84. The molecule has 0 saturated heterocycles. The summed E-state index contributed by atoms with van der Waals surface area (Å²) >= 11 is 5.91. The number of benzene rings is 1. The summed E-state index contributed by atoms with van der Waals surface area (Å²) in [4.78, 5) is 11.9. The molecule has 1 fully saturated rings. The largest absolute Gasteiger partial charge is 0.480 e. The molecule has 0 radical (unpaired) electrons. The van der Waals surface area contributed by atoms with Crippen LogP contribution in [0, 0.1) is 0 Å². The summed E-state index contributed by atoms with van der Waals surface area (Å²) in [5.74, 6) is -0.812. The fourth-order valence-electron chi connectivity index (χ4n) is 3.06. The van der Waals surface area contributed by atoms with Gasteiger partial charge in [0.25, 0.3) is 0 Å². The van der Waals surface area contributed by atoms with E-state index in [4.69, 9.17) is 11.6 Å². The minimum absolute atomic E-state index is 0.287. The lowest BCUT2D eigenvalue weighted by Gasteiger charge is -2.36. The van der Waals surface area contributed by atoms with Gasteiger partial charge in [0.05, 0.1) is 0 Å². The maximum Gasteiger partial charge on any atom is 0.328 e. The number of halogens is 1. The number of carboxylic acids is 1. The average Bonchev–Trinajstić information content (AvgIpc) is 2.46. The van der Waals surface area contributed by atoms with Crippen LogP contribution in [0.4, 0.5) is 0 Å². The molecule has 110 valence electrons. The highest BCUT2D eigenvalue weighted by atomic mass is 35.5. The number of carbonyl (C=O) groups is 1. The first-order chi connectivity index (χ1) is 9.58. The van der Waals surface area contributed by atoms with Crippen LogP contribution in [0.3, 0.4) is 0 Å². The van der Waals surface area contributed by atoms with Crippen LogP contribution in [0.2, 0.25) is 5.02 Å². The van der Waals surface area contributed by atoms with Crippen molar-refractivity contribution in [3.8, 4) is 0 Å². The standard InChI is InChI=1S/C16H22ClNO2/c1-2-16(15(19)20,12-8-10-13(17)11-9-12)18-14-6-4-3-5-7-14/h8-11,14,18H,2-7H2,1H3,(H,19,20). The Morgan fingerprint density at radius 2 is 1.90 bits per heavy atom. The molecule has 2 N–H and O–H groups in total. The Kier molecular flexibility index (Phi) is 5.06. The Labute approximate surface area is 125 Å². The Balaban J connectivity index is 2.28. The number of nitrogens with one attached hydrogen (secondary N) is 1. The highest BCUT2D eigenvalue weighted by Crippen LogP contribution is 2.30. The summed E-state index contributed by atoms with van der Waals surface area (Å²) in [6.07, 6.45) is 6.24. The van der Waals surface area contributed by atoms with Gasteiger partial charge in [-0.2, -0.15) is 0 Å². The third-order valence-electron chi connectivity index (χ3n) is 4.29. The molecule has 0 amide bonds. The second-order valence-electron chi connectivity index (χ2n) is 5.55. The average molecular weight is 296 g/mol. The van der Waals surface area contributed by atoms with Crippen LogP contribution in [0.1, 0.15) is 51.0 Å². The summed E-state index contributed by atoms with van der Waals surface area (Å²) in [5.41, 5.74) is -0.227. The van der Waals surface area contributed by atoms with Crippen LogP contribution in [0.25, 0.3) is 0 Å². The van der Waals surface area contributed by atoms with Crippen molar-refractivity contribution in [3.05, 3.63) is 34.9 Å². The van der Waals surface area contributed by atoms with Crippen molar-refractivity contribution in [1.82, 2.24) is 5.32 Å². The van der Waals surface area contributed by atoms with E-state index in [1.807, 2.05) is 19.1 Å². The number of hydrogen-bond donors (Lipinski definition) is 2. The van der Waals surface area contributed by atoms with Gasteiger partial charge in [-0.05, 0) is 37.0 Å². The van der Waals surface area contributed by atoms with E-state index in [0.717, 1.165) is 18.4 Å². The van der Waals surface area contributed by atoms with Gasteiger partial charge in [0.2, 0.25) is 0 Å². The monoisotopic (exact) mass is 295 g/mol. The molecule has 1 aromatic rings. The zero-order valence-corrected chi connectivity index (χ0v) is 12.6. The summed E-state index contributed by atoms with van der Waals surface area (Å²) < 4.78 is 0. The number of aliphatic carboxylic acids is 1. The maximum atomic E-state index is 11.9. The number of rotatable bonds is 5. The fraction of sp³-hybridized carbons (Fsp3) is 0.562. The molecule has 4 heteroatoms. The van der Waals surface area contributed by atoms with Crippen LogP contribution in [0.15, 0.2) is 24.3 Å². The maximum absolute atomic E-state index is 11.9. The lowest BCUT2D eigenvalue weighted by Crippen LogP contribution is -2.53. The summed E-state index contributed by atoms with van der Waals surface area (Å²) in [7, 11) is 0. The van der Waals surface area contributed by atoms with E-state index >= 15 is 0 Å². The molecule has 0 spiro atoms. The van der Waals surface area contributed by atoms with Crippen LogP contribution in [-0.4, -0.2) is 17.1 Å². The van der Waals surface area contributed by atoms with Gasteiger partial charge in [0.15, 0.2) is 0 Å². The fourth-order valence-corrected chi connectivity index (χ4v) is 3.18. The molecule has 0 aliphatic heterocycles. The minimum atomic E-state index is -1.01. The Bertz CT molecular complexity index is 454. The second kappa shape index (κ2) is 6.59. The van der Waals surface area contributed by atoms with Gasteiger partial charge >= 0.3 is 5.97 Å². The summed E-state index contributed by atoms with van der Waals surface area (Å²) in [6.45, 7) is 1.92. The van der Waals surface area contributed by atoms with E-state index in [0.29, 0.717) is 11.4 Å². The van der Waals surface area contributed by atoms with Crippen molar-refractivity contribution in [2.24, 2.45) is 0 Å². The highest BCUT2D eigenvalue weighted by molar-refractivity contribution is 6.30. The summed E-state index contributed by atoms with van der Waals surface area (Å²) in [6, 6.07) is 7.43. The van der Waals surface area contributed by atoms with Crippen molar-refractivity contribution in [3.63, 3.8) is 0 Å². The molecule has 1 aliphatic rings. The third-order valence-corrected chi connectivity index (χ3v) is 4.54. The molecule has 0 heterocycles. The van der Waals surface area contributed by atoms with E-state index in [-0.39, 0.29) is 6.04 Å². The quantitative estimate of drug-likeness (QED) is 0.864. The highest BCUT2D eigenvalue weighted by Gasteiger charge is 2.40. The number of hydrogen-bond acceptors (Lipinski definition) is 2. The smallest absolute Gasteiger partial charge is 0.328 e. The Hall–Kier alpha value is -1.06. The zero-order chi connectivity index (χ0) is 14.6. The molecule has 20 heavy (non-hydrogen) atoms. The predicted molar refractivity (Wildman–Crippen MR) is 81.1 cm³/mol. The van der Waals surface area contributed by atoms with E-state index in [1.165, 1.54) is 19.3 Å². The molecule has 0 aromatic heterocycles. The molecule has 3 nitrogen and oxygen atoms in total. The van der Waals surface area contributed by atoms with Gasteiger partial charge < -0.3 is 5.11 Å². The van der Waals surface area contributed by atoms with Crippen molar-refractivity contribution >= 4 is 17.6 Å². The molecule has 0 bridgehead atoms. The van der Waals surface area contributed by atoms with E-state index < -0.39 is 11.5 Å². The number of carboxylic acid groups (broad SMARTS) is 1. The van der Waals surface area contributed by atoms with Crippen molar-refractivity contribution in [2.45, 2.75) is 57.0 Å². The van der Waals surface area contributed by atoms with Gasteiger partial charge in [-0.25, -0.2) is 4.79 Å². The van der Waals surface area contributed by atoms with E-state index in [9.17, 15) is 9.90 Å². The van der Waals surface area contributed by atoms with Crippen LogP contribution < -0.4 is 5.32 Å². The van der Waals surface area contributed by atoms with Gasteiger partial charge in [0, 0.05) is 11.1 Å². The Morgan fingerprint density at radius 3 is 2.40 bits per heavy atom. The third kappa shape index (κ3) is 3.15. The van der Waals surface area contributed by atoms with Gasteiger partial charge in [-0.15, -0.1) is 0 Å². The topological polar surface area (TPSA) is 49.3 Å². The first-order valence-electron chi connectivity index (χ1n) is 7.35.